The van der Waals surface area contributed by atoms with Gasteiger partial charge in [-0.2, -0.15) is 0 Å². The van der Waals surface area contributed by atoms with Crippen molar-refractivity contribution in [3.8, 4) is 0 Å². The van der Waals surface area contributed by atoms with Gasteiger partial charge in [0.1, 0.15) is 0 Å². The zero-order chi connectivity index (χ0) is 15.5. The molecule has 134 valence electrons. The van der Waals surface area contributed by atoms with Gasteiger partial charge in [0, 0.05) is 31.2 Å². The molecule has 2 bridgehead atoms. The molecule has 0 spiro atoms. The first kappa shape index (κ1) is 19.0. The van der Waals surface area contributed by atoms with Crippen LogP contribution < -0.4 is 11.1 Å². The Kier molecular flexibility index (Phi) is 7.18. The number of carbonyl (C=O) groups is 1. The number of fused-ring (bicyclic) bond motifs is 2. The summed E-state index contributed by atoms with van der Waals surface area (Å²) in [5, 5.41) is 3.37. The second-order valence-corrected chi connectivity index (χ2v) is 7.67. The highest BCUT2D eigenvalue weighted by molar-refractivity contribution is 5.85. The molecule has 3 rings (SSSR count). The molecule has 3 aliphatic rings. The first-order valence-electron chi connectivity index (χ1n) is 9.32. The Labute approximate surface area is 146 Å². The van der Waals surface area contributed by atoms with Crippen molar-refractivity contribution in [1.82, 2.24) is 5.32 Å². The van der Waals surface area contributed by atoms with Crippen LogP contribution in [-0.4, -0.2) is 31.2 Å². The predicted molar refractivity (Wildman–Crippen MR) is 94.5 cm³/mol. The highest BCUT2D eigenvalue weighted by Crippen LogP contribution is 2.42. The summed E-state index contributed by atoms with van der Waals surface area (Å²) >= 11 is 0. The first-order valence-corrected chi connectivity index (χ1v) is 9.32. The maximum Gasteiger partial charge on any atom is 0.223 e. The van der Waals surface area contributed by atoms with E-state index in [1.165, 1.54) is 19.3 Å². The number of hydrogen-bond acceptors (Lipinski definition) is 3. The number of rotatable bonds is 4. The second-order valence-electron chi connectivity index (χ2n) is 7.67. The third kappa shape index (κ3) is 4.40. The smallest absolute Gasteiger partial charge is 0.223 e. The summed E-state index contributed by atoms with van der Waals surface area (Å²) < 4.78 is 5.45. The molecule has 1 saturated heterocycles. The van der Waals surface area contributed by atoms with E-state index in [9.17, 15) is 4.79 Å². The van der Waals surface area contributed by atoms with E-state index in [4.69, 9.17) is 10.5 Å². The second kappa shape index (κ2) is 8.68. The van der Waals surface area contributed by atoms with Gasteiger partial charge in [-0.1, -0.05) is 13.3 Å². The lowest BCUT2D eigenvalue weighted by atomic mass is 9.65. The highest BCUT2D eigenvalue weighted by Gasteiger charge is 2.41. The van der Waals surface area contributed by atoms with Crippen LogP contribution in [0.15, 0.2) is 0 Å². The Balaban J connectivity index is 0.00000192. The summed E-state index contributed by atoms with van der Waals surface area (Å²) in [5.74, 6) is 2.23. The molecule has 3 unspecified atom stereocenters. The third-order valence-electron chi connectivity index (χ3n) is 6.39. The van der Waals surface area contributed by atoms with E-state index in [-0.39, 0.29) is 18.3 Å². The van der Waals surface area contributed by atoms with Crippen LogP contribution in [0, 0.1) is 23.7 Å². The number of nitrogens with one attached hydrogen (secondary N) is 1. The van der Waals surface area contributed by atoms with Crippen LogP contribution in [0.2, 0.25) is 0 Å². The van der Waals surface area contributed by atoms with Crippen LogP contribution >= 0.6 is 12.4 Å². The zero-order valence-electron chi connectivity index (χ0n) is 14.3. The summed E-state index contributed by atoms with van der Waals surface area (Å²) in [4.78, 5) is 12.8. The fourth-order valence-electron chi connectivity index (χ4n) is 4.98. The Morgan fingerprint density at radius 1 is 1.17 bits per heavy atom. The predicted octanol–water partition coefficient (Wildman–Crippen LogP) is 2.88. The lowest BCUT2D eigenvalue weighted by Crippen LogP contribution is -2.51. The van der Waals surface area contributed by atoms with Crippen molar-refractivity contribution in [2.75, 3.05) is 13.2 Å². The largest absolute Gasteiger partial charge is 0.381 e. The van der Waals surface area contributed by atoms with Crippen molar-refractivity contribution in [3.63, 3.8) is 0 Å². The summed E-state index contributed by atoms with van der Waals surface area (Å²) in [7, 11) is 0. The average Bonchev–Trinajstić information content (AvgIpc) is 2.53. The van der Waals surface area contributed by atoms with Crippen molar-refractivity contribution < 1.29 is 9.53 Å². The molecule has 4 nitrogen and oxygen atoms in total. The molecule has 3 N–H and O–H groups in total. The highest BCUT2D eigenvalue weighted by atomic mass is 35.5. The van der Waals surface area contributed by atoms with Crippen LogP contribution in [0.3, 0.4) is 0 Å². The van der Waals surface area contributed by atoms with Gasteiger partial charge in [0.05, 0.1) is 0 Å². The molecule has 0 aromatic carbocycles. The molecule has 3 fully saturated rings. The Bertz CT molecular complexity index is 373. The van der Waals surface area contributed by atoms with Crippen molar-refractivity contribution in [2.24, 2.45) is 29.4 Å². The minimum Gasteiger partial charge on any atom is -0.381 e. The van der Waals surface area contributed by atoms with E-state index >= 15 is 0 Å². The summed E-state index contributed by atoms with van der Waals surface area (Å²) in [5.41, 5.74) is 6.35. The van der Waals surface area contributed by atoms with E-state index in [0.29, 0.717) is 35.7 Å². The number of ether oxygens (including phenoxy) is 1. The normalized spacial score (nSPS) is 35.9. The summed E-state index contributed by atoms with van der Waals surface area (Å²) in [6, 6.07) is 0.669. The third-order valence-corrected chi connectivity index (χ3v) is 6.39. The van der Waals surface area contributed by atoms with Gasteiger partial charge in [-0.15, -0.1) is 12.4 Å². The molecule has 2 saturated carbocycles. The van der Waals surface area contributed by atoms with Crippen molar-refractivity contribution in [1.29, 1.82) is 0 Å². The van der Waals surface area contributed by atoms with Crippen LogP contribution in [-0.2, 0) is 9.53 Å². The SMILES string of the molecule is CCC(NC(=O)C1CC2CCCC(C1)C2N)C1CCOCC1.Cl. The van der Waals surface area contributed by atoms with Gasteiger partial charge < -0.3 is 15.8 Å². The molecule has 1 aliphatic heterocycles. The molecule has 0 aromatic heterocycles. The molecular formula is C18H33ClN2O2. The minimum atomic E-state index is 0. The van der Waals surface area contributed by atoms with E-state index in [1.54, 1.807) is 0 Å². The monoisotopic (exact) mass is 344 g/mol. The van der Waals surface area contributed by atoms with E-state index in [0.717, 1.165) is 45.3 Å². The maximum atomic E-state index is 12.8. The van der Waals surface area contributed by atoms with Gasteiger partial charge in [0.25, 0.3) is 0 Å². The van der Waals surface area contributed by atoms with Gasteiger partial charge in [0.15, 0.2) is 0 Å². The minimum absolute atomic E-state index is 0. The van der Waals surface area contributed by atoms with E-state index in [2.05, 4.69) is 12.2 Å². The van der Waals surface area contributed by atoms with Crippen molar-refractivity contribution in [2.45, 2.75) is 70.4 Å². The molecule has 0 aromatic rings. The Morgan fingerprint density at radius 2 is 1.78 bits per heavy atom. The van der Waals surface area contributed by atoms with Crippen molar-refractivity contribution in [3.05, 3.63) is 0 Å². The van der Waals surface area contributed by atoms with Gasteiger partial charge >= 0.3 is 0 Å². The average molecular weight is 345 g/mol. The molecule has 0 radical (unpaired) electrons. The first-order chi connectivity index (χ1) is 10.7. The Morgan fingerprint density at radius 3 is 2.35 bits per heavy atom. The summed E-state index contributed by atoms with van der Waals surface area (Å²) in [6.45, 7) is 3.88. The van der Waals surface area contributed by atoms with Gasteiger partial charge in [-0.3, -0.25) is 4.79 Å². The molecule has 2 aliphatic carbocycles. The molecule has 1 amide bonds. The molecule has 23 heavy (non-hydrogen) atoms. The number of hydrogen-bond donors (Lipinski definition) is 2. The topological polar surface area (TPSA) is 64.4 Å². The maximum absolute atomic E-state index is 12.8. The lowest BCUT2D eigenvalue weighted by molar-refractivity contribution is -0.129. The number of halogens is 1. The molecular weight excluding hydrogens is 312 g/mol. The standard InChI is InChI=1S/C18H32N2O2.ClH/c1-2-16(12-6-8-22-9-7-12)20-18(21)15-10-13-4-3-5-14(11-15)17(13)19;/h12-17H,2-11,19H2,1H3,(H,20,21);1H. The van der Waals surface area contributed by atoms with Crippen LogP contribution in [0.25, 0.3) is 0 Å². The number of nitrogens with two attached hydrogens (primary N) is 1. The quantitative estimate of drug-likeness (QED) is 0.824. The zero-order valence-corrected chi connectivity index (χ0v) is 15.2. The number of amides is 1. The summed E-state index contributed by atoms with van der Waals surface area (Å²) in [6.07, 6.45) is 8.95. The van der Waals surface area contributed by atoms with E-state index in [1.807, 2.05) is 0 Å². The fraction of sp³-hybridized carbons (Fsp3) is 0.944. The fourth-order valence-corrected chi connectivity index (χ4v) is 4.98. The molecule has 5 heteroatoms. The van der Waals surface area contributed by atoms with Crippen LogP contribution in [0.4, 0.5) is 0 Å². The number of carbonyl (C=O) groups excluding carboxylic acids is 1. The van der Waals surface area contributed by atoms with Crippen molar-refractivity contribution >= 4 is 18.3 Å². The molecule has 3 atom stereocenters. The lowest BCUT2D eigenvalue weighted by Gasteiger charge is -2.44. The van der Waals surface area contributed by atoms with Crippen LogP contribution in [0.1, 0.15) is 58.3 Å². The van der Waals surface area contributed by atoms with Gasteiger partial charge in [-0.05, 0) is 62.7 Å². The van der Waals surface area contributed by atoms with Gasteiger partial charge in [-0.25, -0.2) is 0 Å². The van der Waals surface area contributed by atoms with Gasteiger partial charge in [0.2, 0.25) is 5.91 Å². The van der Waals surface area contributed by atoms with E-state index < -0.39 is 0 Å². The van der Waals surface area contributed by atoms with Crippen LogP contribution in [0.5, 0.6) is 0 Å². The molecule has 1 heterocycles. The Hall–Kier alpha value is -0.320.